The van der Waals surface area contributed by atoms with Gasteiger partial charge >= 0.3 is 0 Å². The van der Waals surface area contributed by atoms with E-state index in [1.807, 2.05) is 30.9 Å². The first kappa shape index (κ1) is 26.0. The summed E-state index contributed by atoms with van der Waals surface area (Å²) in [4.78, 5) is 29.4. The van der Waals surface area contributed by atoms with Gasteiger partial charge in [0.05, 0.1) is 15.7 Å². The zero-order valence-electron chi connectivity index (χ0n) is 19.0. The molecule has 4 rings (SSSR count). The normalized spacial score (nSPS) is 13.9. The van der Waals surface area contributed by atoms with E-state index in [4.69, 9.17) is 47.0 Å². The van der Waals surface area contributed by atoms with E-state index in [2.05, 4.69) is 15.5 Å². The molecule has 2 amide bonds. The molecule has 1 aliphatic heterocycles. The highest BCUT2D eigenvalue weighted by atomic mass is 35.5. The predicted octanol–water partition coefficient (Wildman–Crippen LogP) is 6.29. The van der Waals surface area contributed by atoms with Crippen LogP contribution < -0.4 is 15.5 Å². The summed E-state index contributed by atoms with van der Waals surface area (Å²) in [5, 5.41) is 8.05. The second kappa shape index (κ2) is 10.9. The molecule has 0 atom stereocenters. The number of rotatable bonds is 4. The molecular weight excluding hydrogens is 547 g/mol. The van der Waals surface area contributed by atoms with Crippen LogP contribution in [0.4, 0.5) is 11.4 Å². The Morgan fingerprint density at radius 1 is 1.03 bits per heavy atom. The van der Waals surface area contributed by atoms with Gasteiger partial charge in [0.2, 0.25) is 5.91 Å². The van der Waals surface area contributed by atoms with Crippen molar-refractivity contribution in [1.82, 2.24) is 10.2 Å². The van der Waals surface area contributed by atoms with Gasteiger partial charge in [0, 0.05) is 52.9 Å². The predicted molar refractivity (Wildman–Crippen MR) is 151 cm³/mol. The first-order chi connectivity index (χ1) is 16.6. The minimum Gasteiger partial charge on any atom is -0.367 e. The van der Waals surface area contributed by atoms with Gasteiger partial charge in [-0.3, -0.25) is 14.9 Å². The number of nitrogens with zero attached hydrogens (tertiary/aromatic N) is 2. The van der Waals surface area contributed by atoms with Crippen molar-refractivity contribution in [2.24, 2.45) is 5.92 Å². The van der Waals surface area contributed by atoms with E-state index in [1.165, 1.54) is 11.3 Å². The molecule has 184 valence electrons. The zero-order chi connectivity index (χ0) is 25.3. The summed E-state index contributed by atoms with van der Waals surface area (Å²) >= 11 is 25.6. The van der Waals surface area contributed by atoms with E-state index >= 15 is 0 Å². The van der Waals surface area contributed by atoms with Crippen LogP contribution in [-0.2, 0) is 4.79 Å². The second-order valence-corrected chi connectivity index (χ2v) is 11.1. The van der Waals surface area contributed by atoms with Crippen LogP contribution in [0.15, 0.2) is 36.4 Å². The van der Waals surface area contributed by atoms with Crippen LogP contribution >= 0.6 is 58.4 Å². The first-order valence-corrected chi connectivity index (χ1v) is 13.3. The Hall–Kier alpha value is -2.10. The Morgan fingerprint density at radius 2 is 1.74 bits per heavy atom. The van der Waals surface area contributed by atoms with Crippen LogP contribution in [0.25, 0.3) is 10.1 Å². The summed E-state index contributed by atoms with van der Waals surface area (Å²) in [7, 11) is 0. The van der Waals surface area contributed by atoms with Crippen molar-refractivity contribution in [2.45, 2.75) is 13.8 Å². The zero-order valence-corrected chi connectivity index (χ0v) is 22.9. The molecule has 2 heterocycles. The molecule has 2 aromatic carbocycles. The fourth-order valence-electron chi connectivity index (χ4n) is 3.88. The number of halogens is 3. The quantitative estimate of drug-likeness (QED) is 0.362. The van der Waals surface area contributed by atoms with Crippen LogP contribution in [0.5, 0.6) is 0 Å². The fraction of sp³-hybridized carbons (Fsp3) is 0.292. The molecule has 0 radical (unpaired) electrons. The largest absolute Gasteiger partial charge is 0.367 e. The first-order valence-electron chi connectivity index (χ1n) is 11.0. The lowest BCUT2D eigenvalue weighted by atomic mass is 10.1. The lowest BCUT2D eigenvalue weighted by molar-refractivity contribution is -0.134. The van der Waals surface area contributed by atoms with Crippen molar-refractivity contribution >= 4 is 96.7 Å². The van der Waals surface area contributed by atoms with Gasteiger partial charge in [-0.1, -0.05) is 54.7 Å². The molecule has 6 nitrogen and oxygen atoms in total. The third-order valence-electron chi connectivity index (χ3n) is 5.66. The average molecular weight is 570 g/mol. The van der Waals surface area contributed by atoms with Crippen molar-refractivity contribution in [3.63, 3.8) is 0 Å². The molecule has 3 aromatic rings. The molecule has 1 saturated heterocycles. The molecule has 35 heavy (non-hydrogen) atoms. The van der Waals surface area contributed by atoms with E-state index < -0.39 is 5.91 Å². The number of fused-ring (bicyclic) bond motifs is 1. The van der Waals surface area contributed by atoms with Crippen LogP contribution in [0, 0.1) is 5.92 Å². The Labute approximate surface area is 228 Å². The summed E-state index contributed by atoms with van der Waals surface area (Å²) in [6.45, 7) is 6.57. The highest BCUT2D eigenvalue weighted by Gasteiger charge is 2.24. The summed E-state index contributed by atoms with van der Waals surface area (Å²) in [5.41, 5.74) is 1.53. The Kier molecular flexibility index (Phi) is 8.08. The minimum absolute atomic E-state index is 0.00628. The SMILES string of the molecule is CC(C)C(=O)N1CCN(c2ccc(NC(=S)NC(=O)c3sc4cc(Cl)ccc4c3Cl)cc2Cl)CC1. The van der Waals surface area contributed by atoms with Crippen LogP contribution in [0.2, 0.25) is 15.1 Å². The van der Waals surface area contributed by atoms with Crippen molar-refractivity contribution in [3.05, 3.63) is 56.3 Å². The number of benzene rings is 2. The Bertz CT molecular complexity index is 1300. The summed E-state index contributed by atoms with van der Waals surface area (Å²) in [5.74, 6) is -0.235. The third-order valence-corrected chi connectivity index (χ3v) is 8.05. The maximum absolute atomic E-state index is 12.8. The maximum Gasteiger partial charge on any atom is 0.269 e. The molecule has 1 aliphatic rings. The van der Waals surface area contributed by atoms with Crippen molar-refractivity contribution < 1.29 is 9.59 Å². The van der Waals surface area contributed by atoms with Gasteiger partial charge in [-0.15, -0.1) is 11.3 Å². The standard InChI is InChI=1S/C24H23Cl3N4O2S2/c1-13(2)23(33)31-9-7-30(8-10-31)18-6-4-15(12-17(18)26)28-24(34)29-22(32)21-20(27)16-5-3-14(25)11-19(16)35-21/h3-6,11-13H,7-10H2,1-2H3,(H2,28,29,32,34). The molecule has 2 N–H and O–H groups in total. The monoisotopic (exact) mass is 568 g/mol. The highest BCUT2D eigenvalue weighted by molar-refractivity contribution is 7.80. The number of piperazine rings is 1. The number of carbonyl (C=O) groups is 2. The number of amides is 2. The summed E-state index contributed by atoms with van der Waals surface area (Å²) < 4.78 is 0.823. The Morgan fingerprint density at radius 3 is 2.40 bits per heavy atom. The highest BCUT2D eigenvalue weighted by Crippen LogP contribution is 2.36. The molecule has 0 aliphatic carbocycles. The molecule has 0 unspecified atom stereocenters. The number of hydrogen-bond donors (Lipinski definition) is 2. The Balaban J connectivity index is 1.37. The molecular formula is C24H23Cl3N4O2S2. The molecule has 0 bridgehead atoms. The van der Waals surface area contributed by atoms with E-state index in [0.717, 1.165) is 15.8 Å². The van der Waals surface area contributed by atoms with Crippen LogP contribution in [0.3, 0.4) is 0 Å². The lowest BCUT2D eigenvalue weighted by Crippen LogP contribution is -2.50. The molecule has 0 spiro atoms. The molecule has 1 aromatic heterocycles. The molecule has 0 saturated carbocycles. The van der Waals surface area contributed by atoms with Gasteiger partial charge in [0.1, 0.15) is 4.88 Å². The number of hydrogen-bond acceptors (Lipinski definition) is 5. The minimum atomic E-state index is -0.402. The van der Waals surface area contributed by atoms with Gasteiger partial charge in [-0.2, -0.15) is 0 Å². The van der Waals surface area contributed by atoms with Gasteiger partial charge in [-0.05, 0) is 42.5 Å². The van der Waals surface area contributed by atoms with Crippen molar-refractivity contribution in [3.8, 4) is 0 Å². The number of carbonyl (C=O) groups excluding carboxylic acids is 2. The second-order valence-electron chi connectivity index (χ2n) is 8.43. The lowest BCUT2D eigenvalue weighted by Gasteiger charge is -2.37. The van der Waals surface area contributed by atoms with Gasteiger partial charge in [-0.25, -0.2) is 0 Å². The average Bonchev–Trinajstić information content (AvgIpc) is 3.14. The van der Waals surface area contributed by atoms with E-state index in [9.17, 15) is 9.59 Å². The topological polar surface area (TPSA) is 64.7 Å². The van der Waals surface area contributed by atoms with Gasteiger partial charge in [0.25, 0.3) is 5.91 Å². The third kappa shape index (κ3) is 5.84. The van der Waals surface area contributed by atoms with E-state index in [1.54, 1.807) is 24.3 Å². The smallest absolute Gasteiger partial charge is 0.269 e. The summed E-state index contributed by atoms with van der Waals surface area (Å²) in [6.07, 6.45) is 0. The van der Waals surface area contributed by atoms with Crippen LogP contribution in [0.1, 0.15) is 23.5 Å². The van der Waals surface area contributed by atoms with Crippen molar-refractivity contribution in [2.75, 3.05) is 36.4 Å². The van der Waals surface area contributed by atoms with E-state index in [0.29, 0.717) is 51.8 Å². The van der Waals surface area contributed by atoms with Crippen molar-refractivity contribution in [1.29, 1.82) is 0 Å². The number of thiophene rings is 1. The molecule has 1 fully saturated rings. The van der Waals surface area contributed by atoms with Gasteiger partial charge in [0.15, 0.2) is 5.11 Å². The summed E-state index contributed by atoms with van der Waals surface area (Å²) in [6, 6.07) is 10.8. The van der Waals surface area contributed by atoms with Crippen LogP contribution in [-0.4, -0.2) is 48.0 Å². The van der Waals surface area contributed by atoms with E-state index in [-0.39, 0.29) is 16.9 Å². The fourth-order valence-corrected chi connectivity index (χ4v) is 6.08. The number of nitrogens with one attached hydrogen (secondary N) is 2. The van der Waals surface area contributed by atoms with Gasteiger partial charge < -0.3 is 15.1 Å². The molecule has 11 heteroatoms. The maximum atomic E-state index is 12.8. The number of anilines is 2. The number of thiocarbonyl (C=S) groups is 1.